The van der Waals surface area contributed by atoms with Gasteiger partial charge in [0.2, 0.25) is 0 Å². The molecular weight excluding hydrogens is 284 g/mol. The second-order valence-corrected chi connectivity index (χ2v) is 7.35. The molecule has 1 saturated carbocycles. The van der Waals surface area contributed by atoms with Gasteiger partial charge in [-0.3, -0.25) is 0 Å². The third kappa shape index (κ3) is 6.18. The molecule has 2 atom stereocenters. The molecule has 1 fully saturated rings. The Bertz CT molecular complexity index is 432. The van der Waals surface area contributed by atoms with Crippen LogP contribution >= 0.6 is 0 Å². The van der Waals surface area contributed by atoms with Crippen molar-refractivity contribution in [3.63, 3.8) is 0 Å². The van der Waals surface area contributed by atoms with Crippen LogP contribution in [-0.4, -0.2) is 12.4 Å². The molecule has 0 heterocycles. The summed E-state index contributed by atoms with van der Waals surface area (Å²) in [5, 5.41) is 0. The summed E-state index contributed by atoms with van der Waals surface area (Å²) in [7, 11) is 0. The summed E-state index contributed by atoms with van der Waals surface area (Å²) in [5.41, 5.74) is 1.38. The minimum Gasteiger partial charge on any atom is -0.465 e. The molecule has 2 unspecified atom stereocenters. The summed E-state index contributed by atoms with van der Waals surface area (Å²) in [6.07, 6.45) is 9.04. The first-order chi connectivity index (χ1) is 11.1. The maximum absolute atomic E-state index is 6.17. The molecule has 0 amide bonds. The lowest BCUT2D eigenvalue weighted by Gasteiger charge is -2.28. The Kier molecular flexibility index (Phi) is 7.42. The molecule has 1 aromatic rings. The van der Waals surface area contributed by atoms with Gasteiger partial charge in [0.15, 0.2) is 6.29 Å². The van der Waals surface area contributed by atoms with Crippen molar-refractivity contribution >= 4 is 0 Å². The third-order valence-electron chi connectivity index (χ3n) is 5.00. The molecular formula is C21H34O2. The molecule has 0 saturated heterocycles. The van der Waals surface area contributed by atoms with Crippen LogP contribution in [0.15, 0.2) is 24.3 Å². The Morgan fingerprint density at radius 3 is 2.22 bits per heavy atom. The summed E-state index contributed by atoms with van der Waals surface area (Å²) in [6.45, 7) is 8.67. The molecule has 23 heavy (non-hydrogen) atoms. The van der Waals surface area contributed by atoms with E-state index in [1.807, 2.05) is 0 Å². The van der Waals surface area contributed by atoms with E-state index in [4.69, 9.17) is 9.47 Å². The van der Waals surface area contributed by atoms with Crippen LogP contribution in [0.3, 0.4) is 0 Å². The highest BCUT2D eigenvalue weighted by Gasteiger charge is 2.21. The average molecular weight is 319 g/mol. The first kappa shape index (κ1) is 18.3. The fraction of sp³-hybridized carbons (Fsp3) is 0.714. The monoisotopic (exact) mass is 318 g/mol. The van der Waals surface area contributed by atoms with Crippen LogP contribution in [-0.2, 0) is 4.74 Å². The van der Waals surface area contributed by atoms with Crippen LogP contribution in [0.2, 0.25) is 0 Å². The van der Waals surface area contributed by atoms with E-state index in [-0.39, 0.29) is 12.4 Å². The molecule has 2 rings (SSSR count). The first-order valence-electron chi connectivity index (χ1n) is 9.50. The highest BCUT2D eigenvalue weighted by atomic mass is 16.7. The minimum absolute atomic E-state index is 0.118. The molecule has 2 heteroatoms. The van der Waals surface area contributed by atoms with Gasteiger partial charge in [-0.15, -0.1) is 0 Å². The topological polar surface area (TPSA) is 18.5 Å². The van der Waals surface area contributed by atoms with Crippen LogP contribution in [0.5, 0.6) is 5.75 Å². The Labute approximate surface area is 142 Å². The van der Waals surface area contributed by atoms with Crippen molar-refractivity contribution in [1.29, 1.82) is 0 Å². The van der Waals surface area contributed by atoms with E-state index in [0.717, 1.165) is 18.1 Å². The average Bonchev–Trinajstić information content (AvgIpc) is 2.55. The lowest BCUT2D eigenvalue weighted by molar-refractivity contribution is -0.120. The van der Waals surface area contributed by atoms with Crippen molar-refractivity contribution < 1.29 is 9.47 Å². The van der Waals surface area contributed by atoms with Gasteiger partial charge < -0.3 is 9.47 Å². The van der Waals surface area contributed by atoms with Crippen molar-refractivity contribution in [2.75, 3.05) is 0 Å². The quantitative estimate of drug-likeness (QED) is 0.524. The van der Waals surface area contributed by atoms with Gasteiger partial charge in [-0.2, -0.15) is 0 Å². The molecule has 0 N–H and O–H groups in total. The van der Waals surface area contributed by atoms with Gasteiger partial charge in [-0.1, -0.05) is 58.1 Å². The number of hydrogen-bond acceptors (Lipinski definition) is 2. The van der Waals surface area contributed by atoms with Crippen molar-refractivity contribution in [3.8, 4) is 5.75 Å². The summed E-state index contributed by atoms with van der Waals surface area (Å²) in [6, 6.07) is 8.57. The standard InChI is InChI=1S/C21H34O2/c1-5-17(4)19-11-13-20(14-12-19)23-21(22-16(2)3)15-18-9-7-6-8-10-18/h11-14,16-18,21H,5-10,15H2,1-4H3. The second kappa shape index (κ2) is 9.32. The van der Waals surface area contributed by atoms with Gasteiger partial charge in [0.05, 0.1) is 6.10 Å². The second-order valence-electron chi connectivity index (χ2n) is 7.35. The molecule has 0 bridgehead atoms. The molecule has 1 aromatic carbocycles. The fourth-order valence-corrected chi connectivity index (χ4v) is 3.39. The van der Waals surface area contributed by atoms with E-state index in [9.17, 15) is 0 Å². The molecule has 2 nitrogen and oxygen atoms in total. The van der Waals surface area contributed by atoms with Gasteiger partial charge in [-0.25, -0.2) is 0 Å². The summed E-state index contributed by atoms with van der Waals surface area (Å²) in [4.78, 5) is 0. The van der Waals surface area contributed by atoms with Crippen molar-refractivity contribution in [1.82, 2.24) is 0 Å². The van der Waals surface area contributed by atoms with E-state index < -0.39 is 0 Å². The predicted octanol–water partition coefficient (Wildman–Crippen LogP) is 6.30. The Morgan fingerprint density at radius 1 is 1.00 bits per heavy atom. The van der Waals surface area contributed by atoms with Crippen LogP contribution < -0.4 is 4.74 Å². The summed E-state index contributed by atoms with van der Waals surface area (Å²) >= 11 is 0. The van der Waals surface area contributed by atoms with E-state index in [1.54, 1.807) is 0 Å². The maximum Gasteiger partial charge on any atom is 0.200 e. The number of hydrogen-bond donors (Lipinski definition) is 0. The van der Waals surface area contributed by atoms with Crippen molar-refractivity contribution in [3.05, 3.63) is 29.8 Å². The highest BCUT2D eigenvalue weighted by Crippen LogP contribution is 2.30. The maximum atomic E-state index is 6.17. The van der Waals surface area contributed by atoms with E-state index in [1.165, 1.54) is 44.1 Å². The van der Waals surface area contributed by atoms with Crippen molar-refractivity contribution in [2.24, 2.45) is 5.92 Å². The Morgan fingerprint density at radius 2 is 1.65 bits per heavy atom. The summed E-state index contributed by atoms with van der Waals surface area (Å²) < 4.78 is 12.2. The number of ether oxygens (including phenoxy) is 2. The third-order valence-corrected chi connectivity index (χ3v) is 5.00. The van der Waals surface area contributed by atoms with E-state index in [0.29, 0.717) is 5.92 Å². The van der Waals surface area contributed by atoms with Gasteiger partial charge in [0.1, 0.15) is 5.75 Å². The lowest BCUT2D eigenvalue weighted by atomic mass is 9.87. The molecule has 1 aliphatic carbocycles. The van der Waals surface area contributed by atoms with Gasteiger partial charge >= 0.3 is 0 Å². The molecule has 0 aliphatic heterocycles. The smallest absolute Gasteiger partial charge is 0.200 e. The molecule has 1 aliphatic rings. The fourth-order valence-electron chi connectivity index (χ4n) is 3.39. The zero-order valence-electron chi connectivity index (χ0n) is 15.4. The number of rotatable bonds is 8. The summed E-state index contributed by atoms with van der Waals surface area (Å²) in [5.74, 6) is 2.29. The molecule has 0 aromatic heterocycles. The highest BCUT2D eigenvalue weighted by molar-refractivity contribution is 5.29. The van der Waals surface area contributed by atoms with E-state index >= 15 is 0 Å². The SMILES string of the molecule is CCC(C)c1ccc(OC(CC2CCCCC2)OC(C)C)cc1. The predicted molar refractivity (Wildman–Crippen MR) is 97.0 cm³/mol. The number of benzene rings is 1. The first-order valence-corrected chi connectivity index (χ1v) is 9.50. The van der Waals surface area contributed by atoms with Gasteiger partial charge in [-0.05, 0) is 49.8 Å². The van der Waals surface area contributed by atoms with Crippen molar-refractivity contribution in [2.45, 2.75) is 91.0 Å². The van der Waals surface area contributed by atoms with Gasteiger partial charge in [0, 0.05) is 6.42 Å². The van der Waals surface area contributed by atoms with Gasteiger partial charge in [0.25, 0.3) is 0 Å². The van der Waals surface area contributed by atoms with Crippen LogP contribution in [0, 0.1) is 5.92 Å². The Hall–Kier alpha value is -1.02. The molecule has 0 radical (unpaired) electrons. The molecule has 0 spiro atoms. The lowest BCUT2D eigenvalue weighted by Crippen LogP contribution is -2.27. The zero-order chi connectivity index (χ0) is 16.7. The largest absolute Gasteiger partial charge is 0.465 e. The normalized spacial score (nSPS) is 18.8. The zero-order valence-corrected chi connectivity index (χ0v) is 15.4. The van der Waals surface area contributed by atoms with Crippen LogP contribution in [0.4, 0.5) is 0 Å². The van der Waals surface area contributed by atoms with Crippen LogP contribution in [0.25, 0.3) is 0 Å². The minimum atomic E-state index is -0.118. The Balaban J connectivity index is 1.95. The van der Waals surface area contributed by atoms with E-state index in [2.05, 4.69) is 52.0 Å². The molecule has 130 valence electrons. The van der Waals surface area contributed by atoms with Crippen LogP contribution in [0.1, 0.15) is 84.1 Å².